The SMILES string of the molecule is COc1cccc2c1ncn2-c1nc(-n2ccc3cccnc3c2=O)c(-c2ccc(C)cc2)o1. The number of ether oxygens (including phenoxy) is 1. The summed E-state index contributed by atoms with van der Waals surface area (Å²) in [6.07, 6.45) is 4.93. The molecular weight excluding hydrogens is 430 g/mol. The van der Waals surface area contributed by atoms with Crippen molar-refractivity contribution in [2.24, 2.45) is 0 Å². The minimum absolute atomic E-state index is 0.275. The molecule has 8 nitrogen and oxygen atoms in total. The van der Waals surface area contributed by atoms with Gasteiger partial charge in [0.2, 0.25) is 0 Å². The summed E-state index contributed by atoms with van der Waals surface area (Å²) >= 11 is 0. The average Bonchev–Trinajstić information content (AvgIpc) is 3.49. The molecule has 0 atom stereocenters. The van der Waals surface area contributed by atoms with Crippen LogP contribution in [0.3, 0.4) is 0 Å². The lowest BCUT2D eigenvalue weighted by molar-refractivity contribution is 0.419. The van der Waals surface area contributed by atoms with Crippen molar-refractivity contribution in [3.05, 3.63) is 95.3 Å². The first-order chi connectivity index (χ1) is 16.6. The number of rotatable bonds is 4. The second-order valence-electron chi connectivity index (χ2n) is 7.89. The van der Waals surface area contributed by atoms with Crippen LogP contribution in [0.4, 0.5) is 0 Å². The van der Waals surface area contributed by atoms with E-state index in [9.17, 15) is 4.79 Å². The van der Waals surface area contributed by atoms with Crippen molar-refractivity contribution < 1.29 is 9.15 Å². The Morgan fingerprint density at radius 1 is 0.912 bits per heavy atom. The molecule has 8 heteroatoms. The monoisotopic (exact) mass is 449 g/mol. The molecule has 0 saturated carbocycles. The fourth-order valence-corrected chi connectivity index (χ4v) is 4.02. The number of pyridine rings is 2. The molecule has 0 aliphatic heterocycles. The smallest absolute Gasteiger partial charge is 0.310 e. The molecule has 0 saturated heterocycles. The molecule has 0 N–H and O–H groups in total. The van der Waals surface area contributed by atoms with Gasteiger partial charge in [-0.25, -0.2) is 4.98 Å². The van der Waals surface area contributed by atoms with E-state index in [0.29, 0.717) is 28.4 Å². The Hall–Kier alpha value is -4.72. The van der Waals surface area contributed by atoms with Crippen LogP contribution in [0.1, 0.15) is 5.56 Å². The van der Waals surface area contributed by atoms with Crippen molar-refractivity contribution in [1.82, 2.24) is 24.1 Å². The van der Waals surface area contributed by atoms with Crippen LogP contribution in [-0.4, -0.2) is 31.2 Å². The summed E-state index contributed by atoms with van der Waals surface area (Å²) in [5.74, 6) is 1.50. The zero-order valence-corrected chi connectivity index (χ0v) is 18.5. The Labute approximate surface area is 193 Å². The number of hydrogen-bond donors (Lipinski definition) is 0. The van der Waals surface area contributed by atoms with Gasteiger partial charge in [0.15, 0.2) is 11.6 Å². The molecule has 0 bridgehead atoms. The zero-order valence-electron chi connectivity index (χ0n) is 18.5. The van der Waals surface area contributed by atoms with Crippen molar-refractivity contribution in [3.8, 4) is 28.9 Å². The molecule has 4 aromatic heterocycles. The molecule has 0 aliphatic carbocycles. The molecule has 2 aromatic carbocycles. The highest BCUT2D eigenvalue weighted by Gasteiger charge is 2.21. The number of nitrogens with zero attached hydrogens (tertiary/aromatic N) is 5. The summed E-state index contributed by atoms with van der Waals surface area (Å²) in [4.78, 5) is 26.8. The molecule has 4 heterocycles. The Morgan fingerprint density at radius 3 is 2.59 bits per heavy atom. The number of oxazole rings is 1. The topological polar surface area (TPSA) is 88.0 Å². The summed E-state index contributed by atoms with van der Waals surface area (Å²) in [7, 11) is 1.60. The number of para-hydroxylation sites is 1. The van der Waals surface area contributed by atoms with Gasteiger partial charge in [0.1, 0.15) is 23.1 Å². The highest BCUT2D eigenvalue weighted by molar-refractivity contribution is 5.83. The van der Waals surface area contributed by atoms with E-state index in [4.69, 9.17) is 14.1 Å². The van der Waals surface area contributed by atoms with Gasteiger partial charge in [-0.3, -0.25) is 18.9 Å². The summed E-state index contributed by atoms with van der Waals surface area (Å²) in [5, 5.41) is 0.761. The van der Waals surface area contributed by atoms with Gasteiger partial charge in [0.25, 0.3) is 5.56 Å². The number of fused-ring (bicyclic) bond motifs is 2. The van der Waals surface area contributed by atoms with Gasteiger partial charge in [-0.1, -0.05) is 42.0 Å². The first kappa shape index (κ1) is 19.9. The number of methoxy groups -OCH3 is 1. The average molecular weight is 449 g/mol. The molecule has 0 aliphatic rings. The van der Waals surface area contributed by atoms with Crippen molar-refractivity contribution >= 4 is 21.9 Å². The van der Waals surface area contributed by atoms with Crippen molar-refractivity contribution in [2.75, 3.05) is 7.11 Å². The summed E-state index contributed by atoms with van der Waals surface area (Å²) in [5.41, 5.74) is 3.47. The minimum atomic E-state index is -0.275. The van der Waals surface area contributed by atoms with E-state index in [1.807, 2.05) is 61.5 Å². The molecule has 6 aromatic rings. The maximum atomic E-state index is 13.3. The molecule has 0 radical (unpaired) electrons. The first-order valence-corrected chi connectivity index (χ1v) is 10.7. The molecule has 166 valence electrons. The minimum Gasteiger partial charge on any atom is -0.494 e. The molecule has 0 unspecified atom stereocenters. The van der Waals surface area contributed by atoms with Crippen LogP contribution >= 0.6 is 0 Å². The van der Waals surface area contributed by atoms with Crippen molar-refractivity contribution in [1.29, 1.82) is 0 Å². The van der Waals surface area contributed by atoms with Crippen molar-refractivity contribution in [3.63, 3.8) is 0 Å². The number of hydrogen-bond acceptors (Lipinski definition) is 6. The fraction of sp³-hybridized carbons (Fsp3) is 0.0769. The van der Waals surface area contributed by atoms with Gasteiger partial charge in [-0.15, -0.1) is 0 Å². The van der Waals surface area contributed by atoms with Crippen LogP contribution < -0.4 is 10.3 Å². The lowest BCUT2D eigenvalue weighted by Crippen LogP contribution is -2.19. The lowest BCUT2D eigenvalue weighted by Gasteiger charge is -2.06. The second kappa shape index (κ2) is 7.70. The standard InChI is InChI=1S/C26H19N5O3/c1-16-8-10-18(11-9-16)23-24(30-14-12-17-5-4-13-27-21(17)25(30)32)29-26(34-23)31-15-28-22-19(31)6-3-7-20(22)33-2/h3-15H,1-2H3. The van der Waals surface area contributed by atoms with Gasteiger partial charge in [-0.05, 0) is 31.2 Å². The van der Waals surface area contributed by atoms with Gasteiger partial charge >= 0.3 is 6.01 Å². The molecule has 6 rings (SSSR count). The Balaban J connectivity index is 1.61. The third-order valence-corrected chi connectivity index (χ3v) is 5.77. The van der Waals surface area contributed by atoms with E-state index in [0.717, 1.165) is 22.0 Å². The summed E-state index contributed by atoms with van der Waals surface area (Å²) < 4.78 is 14.9. The molecule has 0 amide bonds. The van der Waals surface area contributed by atoms with Crippen LogP contribution in [0.15, 0.2) is 88.6 Å². The Bertz CT molecular complexity index is 1730. The third kappa shape index (κ3) is 3.07. The quantitative estimate of drug-likeness (QED) is 0.388. The highest BCUT2D eigenvalue weighted by Crippen LogP contribution is 2.32. The second-order valence-corrected chi connectivity index (χ2v) is 7.89. The molecular formula is C26H19N5O3. The normalized spacial score (nSPS) is 11.4. The number of aryl methyl sites for hydroxylation is 1. The Morgan fingerprint density at radius 2 is 1.76 bits per heavy atom. The maximum Gasteiger partial charge on any atom is 0.310 e. The summed E-state index contributed by atoms with van der Waals surface area (Å²) in [6, 6.07) is 19.3. The predicted octanol–water partition coefficient (Wildman–Crippen LogP) is 4.70. The summed E-state index contributed by atoms with van der Waals surface area (Å²) in [6.45, 7) is 2.01. The van der Waals surface area contributed by atoms with E-state index in [1.165, 1.54) is 4.57 Å². The third-order valence-electron chi connectivity index (χ3n) is 5.77. The van der Waals surface area contributed by atoms with Gasteiger partial charge < -0.3 is 9.15 Å². The van der Waals surface area contributed by atoms with Gasteiger partial charge in [-0.2, -0.15) is 4.98 Å². The van der Waals surface area contributed by atoms with E-state index in [2.05, 4.69) is 9.97 Å². The van der Waals surface area contributed by atoms with Gasteiger partial charge in [0, 0.05) is 23.3 Å². The van der Waals surface area contributed by atoms with E-state index < -0.39 is 0 Å². The zero-order chi connectivity index (χ0) is 23.2. The number of benzene rings is 2. The van der Waals surface area contributed by atoms with E-state index >= 15 is 0 Å². The van der Waals surface area contributed by atoms with Crippen LogP contribution in [0, 0.1) is 6.92 Å². The number of aromatic nitrogens is 5. The molecule has 34 heavy (non-hydrogen) atoms. The largest absolute Gasteiger partial charge is 0.494 e. The van der Waals surface area contributed by atoms with E-state index in [1.54, 1.807) is 36.5 Å². The van der Waals surface area contributed by atoms with Crippen LogP contribution in [0.2, 0.25) is 0 Å². The Kier molecular flexibility index (Phi) is 4.51. The predicted molar refractivity (Wildman–Crippen MR) is 129 cm³/mol. The number of imidazole rings is 1. The van der Waals surface area contributed by atoms with Crippen LogP contribution in [0.25, 0.3) is 45.1 Å². The van der Waals surface area contributed by atoms with Crippen LogP contribution in [0.5, 0.6) is 5.75 Å². The maximum absolute atomic E-state index is 13.3. The molecule has 0 fully saturated rings. The lowest BCUT2D eigenvalue weighted by atomic mass is 10.1. The van der Waals surface area contributed by atoms with E-state index in [-0.39, 0.29) is 11.6 Å². The highest BCUT2D eigenvalue weighted by atomic mass is 16.5. The molecule has 0 spiro atoms. The van der Waals surface area contributed by atoms with Crippen molar-refractivity contribution in [2.45, 2.75) is 6.92 Å². The fourth-order valence-electron chi connectivity index (χ4n) is 4.02. The van der Waals surface area contributed by atoms with Gasteiger partial charge in [0.05, 0.1) is 12.6 Å². The first-order valence-electron chi connectivity index (χ1n) is 10.7. The van der Waals surface area contributed by atoms with Crippen LogP contribution in [-0.2, 0) is 0 Å².